The van der Waals surface area contributed by atoms with Crippen LogP contribution in [0.2, 0.25) is 0 Å². The van der Waals surface area contributed by atoms with E-state index in [-0.39, 0.29) is 22.8 Å². The largest absolute Gasteiger partial charge is 0.493 e. The fourth-order valence-electron chi connectivity index (χ4n) is 2.81. The number of anilines is 2. The fourth-order valence-corrected chi connectivity index (χ4v) is 3.38. The van der Waals surface area contributed by atoms with Gasteiger partial charge < -0.3 is 15.4 Å². The number of hydrogen-bond donors (Lipinski definition) is 3. The van der Waals surface area contributed by atoms with Gasteiger partial charge in [0.1, 0.15) is 5.75 Å². The van der Waals surface area contributed by atoms with Crippen molar-refractivity contribution in [3.8, 4) is 5.75 Å². The number of carbonyl (C=O) groups is 2. The molecule has 0 aliphatic heterocycles. The third kappa shape index (κ3) is 8.59. The molecule has 8 heteroatoms. The molecule has 0 unspecified atom stereocenters. The summed E-state index contributed by atoms with van der Waals surface area (Å²) in [5.74, 6) is -0.0461. The van der Waals surface area contributed by atoms with Gasteiger partial charge in [-0.15, -0.1) is 0 Å². The highest BCUT2D eigenvalue weighted by atomic mass is 79.9. The topological polar surface area (TPSA) is 79.5 Å². The van der Waals surface area contributed by atoms with Crippen LogP contribution < -0.4 is 20.7 Å². The fraction of sp³-hybridized carbons (Fsp3) is 0.375. The predicted octanol–water partition coefficient (Wildman–Crippen LogP) is 6.13. The van der Waals surface area contributed by atoms with Gasteiger partial charge in [-0.3, -0.25) is 14.9 Å². The molecule has 0 atom stereocenters. The summed E-state index contributed by atoms with van der Waals surface area (Å²) < 4.78 is 6.62. The molecule has 2 aromatic carbocycles. The van der Waals surface area contributed by atoms with Crippen LogP contribution >= 0.6 is 28.1 Å². The Hall–Kier alpha value is -2.45. The molecule has 0 aromatic heterocycles. The van der Waals surface area contributed by atoms with Crippen molar-refractivity contribution < 1.29 is 14.3 Å². The van der Waals surface area contributed by atoms with Crippen LogP contribution in [-0.2, 0) is 4.79 Å². The smallest absolute Gasteiger partial charge is 0.261 e. The molecule has 2 amide bonds. The van der Waals surface area contributed by atoms with E-state index in [1.54, 1.807) is 36.4 Å². The number of nitrogens with one attached hydrogen (secondary N) is 3. The number of benzene rings is 2. The van der Waals surface area contributed by atoms with Crippen molar-refractivity contribution in [3.63, 3.8) is 0 Å². The number of amides is 2. The molecular weight excluding hydrogens is 490 g/mol. The first-order valence-corrected chi connectivity index (χ1v) is 12.0. The lowest BCUT2D eigenvalue weighted by Crippen LogP contribution is -2.34. The Balaban J connectivity index is 1.99. The second kappa shape index (κ2) is 13.2. The molecule has 2 aromatic rings. The average Bonchev–Trinajstić information content (AvgIpc) is 2.74. The number of carbonyl (C=O) groups excluding carboxylic acids is 2. The first-order valence-electron chi connectivity index (χ1n) is 10.8. The number of ether oxygens (including phenoxy) is 1. The number of hydrogen-bond acceptors (Lipinski definition) is 4. The van der Waals surface area contributed by atoms with E-state index in [1.807, 2.05) is 19.9 Å². The van der Waals surface area contributed by atoms with Crippen molar-refractivity contribution in [2.75, 3.05) is 17.2 Å². The maximum Gasteiger partial charge on any atom is 0.261 e. The van der Waals surface area contributed by atoms with Gasteiger partial charge in [0.25, 0.3) is 5.91 Å². The van der Waals surface area contributed by atoms with Crippen LogP contribution in [0, 0.1) is 5.92 Å². The molecule has 2 rings (SSSR count). The third-order valence-electron chi connectivity index (χ3n) is 4.58. The average molecular weight is 520 g/mol. The van der Waals surface area contributed by atoms with Gasteiger partial charge in [0.15, 0.2) is 5.11 Å². The van der Waals surface area contributed by atoms with E-state index < -0.39 is 0 Å². The number of rotatable bonds is 10. The minimum Gasteiger partial charge on any atom is -0.493 e. The SMILES string of the molecule is CCCCCCOc1ccc(Br)cc1C(=O)NC(=S)Nc1cccc(NC(=O)C(C)C)c1. The summed E-state index contributed by atoms with van der Waals surface area (Å²) in [5.41, 5.74) is 1.70. The van der Waals surface area contributed by atoms with Crippen LogP contribution in [0.15, 0.2) is 46.9 Å². The van der Waals surface area contributed by atoms with Gasteiger partial charge in [0, 0.05) is 21.8 Å². The Morgan fingerprint density at radius 1 is 1.03 bits per heavy atom. The van der Waals surface area contributed by atoms with Gasteiger partial charge in [0.05, 0.1) is 12.2 Å². The second-order valence-electron chi connectivity index (χ2n) is 7.68. The molecule has 172 valence electrons. The van der Waals surface area contributed by atoms with Crippen molar-refractivity contribution in [2.24, 2.45) is 5.92 Å². The molecule has 0 aliphatic rings. The highest BCUT2D eigenvalue weighted by molar-refractivity contribution is 9.10. The quantitative estimate of drug-likeness (QED) is 0.260. The second-order valence-corrected chi connectivity index (χ2v) is 9.01. The molecule has 0 heterocycles. The molecule has 3 N–H and O–H groups in total. The number of halogens is 1. The number of unbranched alkanes of at least 4 members (excludes halogenated alkanes) is 3. The molecule has 0 radical (unpaired) electrons. The minimum absolute atomic E-state index is 0.0742. The summed E-state index contributed by atoms with van der Waals surface area (Å²) in [7, 11) is 0. The zero-order valence-electron chi connectivity index (χ0n) is 18.7. The van der Waals surface area contributed by atoms with E-state index in [4.69, 9.17) is 17.0 Å². The van der Waals surface area contributed by atoms with Gasteiger partial charge >= 0.3 is 0 Å². The lowest BCUT2D eigenvalue weighted by atomic mass is 10.2. The Bertz CT molecular complexity index is 950. The lowest BCUT2D eigenvalue weighted by molar-refractivity contribution is -0.118. The zero-order chi connectivity index (χ0) is 23.5. The molecule has 0 spiro atoms. The van der Waals surface area contributed by atoms with E-state index in [2.05, 4.69) is 38.8 Å². The van der Waals surface area contributed by atoms with E-state index in [0.29, 0.717) is 29.3 Å². The highest BCUT2D eigenvalue weighted by Gasteiger charge is 2.15. The first-order chi connectivity index (χ1) is 15.3. The van der Waals surface area contributed by atoms with Crippen molar-refractivity contribution in [3.05, 3.63) is 52.5 Å². The van der Waals surface area contributed by atoms with Gasteiger partial charge in [-0.1, -0.05) is 62.0 Å². The highest BCUT2D eigenvalue weighted by Crippen LogP contribution is 2.24. The van der Waals surface area contributed by atoms with E-state index in [0.717, 1.165) is 23.7 Å². The van der Waals surface area contributed by atoms with E-state index in [1.165, 1.54) is 6.42 Å². The van der Waals surface area contributed by atoms with Crippen molar-refractivity contribution in [1.82, 2.24) is 5.32 Å². The summed E-state index contributed by atoms with van der Waals surface area (Å²) in [6, 6.07) is 12.5. The van der Waals surface area contributed by atoms with Gasteiger partial charge in [-0.2, -0.15) is 0 Å². The molecule has 0 bridgehead atoms. The standard InChI is InChI=1S/C24H30BrN3O3S/c1-4-5-6-7-13-31-21-12-11-17(25)14-20(21)23(30)28-24(32)27-19-10-8-9-18(15-19)26-22(29)16(2)3/h8-12,14-16H,4-7,13H2,1-3H3,(H,26,29)(H2,27,28,30,32). The molecule has 0 saturated heterocycles. The van der Waals surface area contributed by atoms with Crippen LogP contribution in [0.5, 0.6) is 5.75 Å². The Morgan fingerprint density at radius 3 is 2.44 bits per heavy atom. The van der Waals surface area contributed by atoms with E-state index in [9.17, 15) is 9.59 Å². The Labute approximate surface area is 203 Å². The summed E-state index contributed by atoms with van der Waals surface area (Å²) in [5, 5.41) is 8.66. The summed E-state index contributed by atoms with van der Waals surface area (Å²) in [6.07, 6.45) is 4.36. The van der Waals surface area contributed by atoms with Crippen LogP contribution in [-0.4, -0.2) is 23.5 Å². The third-order valence-corrected chi connectivity index (χ3v) is 5.28. The summed E-state index contributed by atoms with van der Waals surface area (Å²) >= 11 is 8.72. The van der Waals surface area contributed by atoms with Crippen LogP contribution in [0.25, 0.3) is 0 Å². The number of thiocarbonyl (C=S) groups is 1. The monoisotopic (exact) mass is 519 g/mol. The van der Waals surface area contributed by atoms with Crippen molar-refractivity contribution in [1.29, 1.82) is 0 Å². The minimum atomic E-state index is -0.364. The first kappa shape index (κ1) is 25.8. The Kier molecular flexibility index (Phi) is 10.6. The predicted molar refractivity (Wildman–Crippen MR) is 137 cm³/mol. The summed E-state index contributed by atoms with van der Waals surface area (Å²) in [6.45, 7) is 6.37. The van der Waals surface area contributed by atoms with Gasteiger partial charge in [0.2, 0.25) is 5.91 Å². The van der Waals surface area contributed by atoms with Crippen molar-refractivity contribution in [2.45, 2.75) is 46.5 Å². The van der Waals surface area contributed by atoms with Crippen LogP contribution in [0.4, 0.5) is 11.4 Å². The lowest BCUT2D eigenvalue weighted by Gasteiger charge is -2.14. The van der Waals surface area contributed by atoms with Crippen LogP contribution in [0.3, 0.4) is 0 Å². The van der Waals surface area contributed by atoms with E-state index >= 15 is 0 Å². The maximum atomic E-state index is 12.8. The molecular formula is C24H30BrN3O3S. The van der Waals surface area contributed by atoms with Crippen LogP contribution in [0.1, 0.15) is 56.8 Å². The van der Waals surface area contributed by atoms with Gasteiger partial charge in [-0.25, -0.2) is 0 Å². The molecule has 0 aliphatic carbocycles. The maximum absolute atomic E-state index is 12.8. The molecule has 6 nitrogen and oxygen atoms in total. The van der Waals surface area contributed by atoms with Crippen molar-refractivity contribution >= 4 is 56.4 Å². The zero-order valence-corrected chi connectivity index (χ0v) is 21.1. The molecule has 0 fully saturated rings. The molecule has 0 saturated carbocycles. The molecule has 32 heavy (non-hydrogen) atoms. The normalized spacial score (nSPS) is 10.5. The van der Waals surface area contributed by atoms with Gasteiger partial charge in [-0.05, 0) is 55.0 Å². The Morgan fingerprint density at radius 2 is 1.75 bits per heavy atom. The summed E-state index contributed by atoms with van der Waals surface area (Å²) in [4.78, 5) is 24.7.